The van der Waals surface area contributed by atoms with Crippen molar-refractivity contribution < 1.29 is 44.2 Å². The third-order valence-electron chi connectivity index (χ3n) is 11.4. The molecule has 12 unspecified atom stereocenters. The van der Waals surface area contributed by atoms with E-state index in [1.165, 1.54) is 5.56 Å². The van der Waals surface area contributed by atoms with E-state index in [2.05, 4.69) is 17.0 Å². The predicted octanol–water partition coefficient (Wildman–Crippen LogP) is 4.67. The van der Waals surface area contributed by atoms with Gasteiger partial charge in [0.25, 0.3) is 0 Å². The van der Waals surface area contributed by atoms with Gasteiger partial charge in [-0.15, -0.1) is 0 Å². The molecule has 1 aromatic carbocycles. The van der Waals surface area contributed by atoms with Crippen molar-refractivity contribution in [3.8, 4) is 0 Å². The number of hydrogen-bond donors (Lipinski definition) is 4. The smallest absolute Gasteiger partial charge is 0.410 e. The molecule has 1 aromatic rings. The first-order valence-corrected chi connectivity index (χ1v) is 19.0. The summed E-state index contributed by atoms with van der Waals surface area (Å²) in [4.78, 5) is 30.7. The number of aliphatic hydroxyl groups is 4. The number of amides is 1. The Labute approximate surface area is 308 Å². The van der Waals surface area contributed by atoms with Crippen LogP contribution in [0.1, 0.15) is 85.6 Å². The van der Waals surface area contributed by atoms with Crippen LogP contribution in [0.4, 0.5) is 4.79 Å². The molecule has 52 heavy (non-hydrogen) atoms. The van der Waals surface area contributed by atoms with Crippen molar-refractivity contribution in [1.29, 1.82) is 0 Å². The highest BCUT2D eigenvalue weighted by molar-refractivity contribution is 5.71. The summed E-state index contributed by atoms with van der Waals surface area (Å²) < 4.78 is 17.7. The van der Waals surface area contributed by atoms with Crippen LogP contribution in [0.25, 0.3) is 0 Å². The molecule has 4 aliphatic rings. The van der Waals surface area contributed by atoms with Gasteiger partial charge in [-0.1, -0.05) is 75.4 Å². The minimum atomic E-state index is -1.50. The second-order valence-corrected chi connectivity index (χ2v) is 16.1. The fraction of sp³-hybridized carbons (Fsp3) is 0.659. The van der Waals surface area contributed by atoms with Gasteiger partial charge < -0.3 is 39.5 Å². The van der Waals surface area contributed by atoms with Gasteiger partial charge in [0.2, 0.25) is 0 Å². The van der Waals surface area contributed by atoms with E-state index in [9.17, 15) is 30.0 Å². The van der Waals surface area contributed by atoms with Crippen LogP contribution in [-0.4, -0.2) is 115 Å². The second-order valence-electron chi connectivity index (χ2n) is 16.1. The lowest BCUT2D eigenvalue weighted by Crippen LogP contribution is -2.51. The maximum absolute atomic E-state index is 13.6. The van der Waals surface area contributed by atoms with Gasteiger partial charge in [0.15, 0.2) is 6.10 Å². The number of epoxide rings is 1. The van der Waals surface area contributed by atoms with Crippen LogP contribution in [-0.2, 0) is 25.5 Å². The Bertz CT molecular complexity index is 1460. The van der Waals surface area contributed by atoms with Crippen LogP contribution in [0.15, 0.2) is 66.3 Å². The summed E-state index contributed by atoms with van der Waals surface area (Å²) in [5, 5.41) is 43.5. The van der Waals surface area contributed by atoms with E-state index in [0.29, 0.717) is 25.0 Å². The van der Waals surface area contributed by atoms with Gasteiger partial charge in [-0.05, 0) is 63.7 Å². The molecule has 4 aliphatic heterocycles. The van der Waals surface area contributed by atoms with Crippen molar-refractivity contribution in [2.75, 3.05) is 13.1 Å². The van der Waals surface area contributed by atoms with E-state index < -0.39 is 47.7 Å². The molecule has 4 N–H and O–H groups in total. The first-order chi connectivity index (χ1) is 24.6. The largest absolute Gasteiger partial charge is 0.457 e. The number of benzene rings is 1. The summed E-state index contributed by atoms with van der Waals surface area (Å²) in [5.74, 6) is -0.960. The maximum Gasteiger partial charge on any atom is 0.410 e. The molecule has 11 nitrogen and oxygen atoms in total. The molecule has 0 spiro atoms. The number of carbonyl (C=O) groups is 2. The molecular formula is C41H60N2O9. The van der Waals surface area contributed by atoms with Crippen molar-refractivity contribution >= 4 is 12.1 Å². The normalized spacial score (nSPS) is 36.0. The number of cyclic esters (lactones) is 1. The molecule has 3 saturated heterocycles. The number of carbonyl (C=O) groups excluding carboxylic acids is 2. The zero-order chi connectivity index (χ0) is 37.8. The monoisotopic (exact) mass is 724 g/mol. The number of aliphatic hydroxyl groups excluding tert-OH is 2. The van der Waals surface area contributed by atoms with Crippen molar-refractivity contribution in [1.82, 2.24) is 9.80 Å². The number of piperazine rings is 1. The Hall–Kier alpha value is -3.06. The highest BCUT2D eigenvalue weighted by Gasteiger charge is 2.48. The number of allylic oxidation sites excluding steroid dienone is 2. The number of nitrogens with zero attached hydrogens (tertiary/aromatic N) is 2. The molecule has 288 valence electrons. The number of ether oxygens (including phenoxy) is 3. The first-order valence-electron chi connectivity index (χ1n) is 19.0. The summed E-state index contributed by atoms with van der Waals surface area (Å²) in [6.07, 6.45) is 6.62. The minimum Gasteiger partial charge on any atom is -0.457 e. The third kappa shape index (κ3) is 10.3. The molecule has 5 rings (SSSR count). The highest BCUT2D eigenvalue weighted by Crippen LogP contribution is 2.38. The zero-order valence-electron chi connectivity index (χ0n) is 31.6. The molecular weight excluding hydrogens is 664 g/mol. The van der Waals surface area contributed by atoms with Crippen LogP contribution in [0, 0.1) is 11.8 Å². The fourth-order valence-electron chi connectivity index (χ4n) is 7.96. The van der Waals surface area contributed by atoms with Crippen LogP contribution < -0.4 is 0 Å². The van der Waals surface area contributed by atoms with Crippen molar-refractivity contribution in [2.24, 2.45) is 11.8 Å². The fourth-order valence-corrected chi connectivity index (χ4v) is 7.96. The predicted molar refractivity (Wildman–Crippen MR) is 197 cm³/mol. The molecule has 2 bridgehead atoms. The molecule has 0 saturated carbocycles. The molecule has 3 fully saturated rings. The van der Waals surface area contributed by atoms with Crippen LogP contribution in [0.3, 0.4) is 0 Å². The molecule has 0 radical (unpaired) electrons. The quantitative estimate of drug-likeness (QED) is 0.110. The first kappa shape index (κ1) is 40.1. The van der Waals surface area contributed by atoms with E-state index in [0.717, 1.165) is 19.5 Å². The number of rotatable bonds is 11. The Morgan fingerprint density at radius 2 is 1.92 bits per heavy atom. The summed E-state index contributed by atoms with van der Waals surface area (Å²) in [5.41, 5.74) is -0.718. The maximum atomic E-state index is 13.6. The SMILES string of the molecule is CCC(O)C(C)C1OC1CC(C)(O)/C=C/C=C(\C)C1OC(=O)CC(O)CCC(C)(O)C(OC(=O)N2CC3CC2CN3Cc2ccccc2)/C=C/C1C. The zero-order valence-corrected chi connectivity index (χ0v) is 31.6. The van der Waals surface area contributed by atoms with Crippen molar-refractivity contribution in [3.63, 3.8) is 0 Å². The number of fused-ring (bicyclic) bond motifs is 2. The van der Waals surface area contributed by atoms with Gasteiger partial charge in [-0.3, -0.25) is 9.69 Å². The summed E-state index contributed by atoms with van der Waals surface area (Å²) in [6.45, 7) is 13.0. The molecule has 0 aliphatic carbocycles. The Morgan fingerprint density at radius 3 is 2.60 bits per heavy atom. The van der Waals surface area contributed by atoms with Crippen LogP contribution >= 0.6 is 0 Å². The van der Waals surface area contributed by atoms with Crippen LogP contribution in [0.2, 0.25) is 0 Å². The molecule has 1 amide bonds. The molecule has 11 heteroatoms. The van der Waals surface area contributed by atoms with Gasteiger partial charge in [0, 0.05) is 50.0 Å². The van der Waals surface area contributed by atoms with E-state index in [4.69, 9.17) is 14.2 Å². The molecule has 0 aromatic heterocycles. The highest BCUT2D eigenvalue weighted by atomic mass is 16.6. The molecule has 12 atom stereocenters. The van der Waals surface area contributed by atoms with Crippen LogP contribution in [0.5, 0.6) is 0 Å². The Balaban J connectivity index is 1.24. The van der Waals surface area contributed by atoms with E-state index in [1.807, 2.05) is 45.9 Å². The van der Waals surface area contributed by atoms with Gasteiger partial charge in [0.05, 0.1) is 36.4 Å². The number of hydrogen-bond acceptors (Lipinski definition) is 10. The summed E-state index contributed by atoms with van der Waals surface area (Å²) in [6, 6.07) is 10.6. The van der Waals surface area contributed by atoms with Crippen molar-refractivity contribution in [2.45, 2.75) is 147 Å². The standard InChI is InChI=1S/C41H60N2O9/c1-7-33(45)28(4)38-34(50-38)22-40(5,48)18-11-12-26(2)37-27(3)15-16-35(41(6,49)19-17-32(44)21-36(46)52-37)51-39(47)43-25-30-20-31(43)24-42(30)23-29-13-9-8-10-14-29/h8-16,18,27-28,30-35,37-38,44-45,48-49H,7,17,19-25H2,1-6H3/b16-15+,18-11+,26-12+. The lowest BCUT2D eigenvalue weighted by Gasteiger charge is -2.37. The lowest BCUT2D eigenvalue weighted by molar-refractivity contribution is -0.151. The minimum absolute atomic E-state index is 0.0148. The van der Waals surface area contributed by atoms with Gasteiger partial charge >= 0.3 is 12.1 Å². The average molecular weight is 725 g/mol. The number of esters is 1. The van der Waals surface area contributed by atoms with Gasteiger partial charge in [-0.2, -0.15) is 0 Å². The van der Waals surface area contributed by atoms with Crippen molar-refractivity contribution in [3.05, 3.63) is 71.8 Å². The Morgan fingerprint density at radius 1 is 1.19 bits per heavy atom. The van der Waals surface area contributed by atoms with E-state index in [-0.39, 0.29) is 55.4 Å². The topological polar surface area (TPSA) is 153 Å². The Kier molecular flexibility index (Phi) is 13.1. The summed E-state index contributed by atoms with van der Waals surface area (Å²) in [7, 11) is 0. The average Bonchev–Trinajstić information content (AvgIpc) is 3.54. The number of likely N-dealkylation sites (tertiary alicyclic amines) is 2. The second kappa shape index (κ2) is 17.0. The van der Waals surface area contributed by atoms with Gasteiger partial charge in [-0.25, -0.2) is 4.79 Å². The third-order valence-corrected chi connectivity index (χ3v) is 11.4. The summed E-state index contributed by atoms with van der Waals surface area (Å²) >= 11 is 0. The van der Waals surface area contributed by atoms with E-state index in [1.54, 1.807) is 49.1 Å². The van der Waals surface area contributed by atoms with Gasteiger partial charge in [0.1, 0.15) is 11.7 Å². The molecule has 4 heterocycles. The lowest BCUT2D eigenvalue weighted by atomic mass is 9.88. The van der Waals surface area contributed by atoms with E-state index >= 15 is 0 Å².